The molecule has 14 heteroatoms. The number of carbonyl (C=O) groups excluding carboxylic acids is 1. The van der Waals surface area contributed by atoms with Crippen molar-refractivity contribution in [2.75, 3.05) is 24.5 Å². The van der Waals surface area contributed by atoms with Crippen molar-refractivity contribution in [1.82, 2.24) is 24.4 Å². The molecule has 1 fully saturated rings. The number of halogens is 4. The number of H-pyrrole nitrogens is 1. The monoisotopic (exact) mass is 486 g/mol. The molecule has 3 heterocycles. The standard InChI is InChI=1S/C19H18ClF3N6O4/c1-2-28-14-13(15(30)26-18(28)32)29(11-6-4-3-5-10(11)20)17(25-14)27-8-7-24-12(9-27)33-16(31)19(21,22)23/h3-6,12,24H,2,7-9H2,1H3,(H,26,30,32). The lowest BCUT2D eigenvalue weighted by atomic mass is 10.3. The summed E-state index contributed by atoms with van der Waals surface area (Å²) in [5.41, 5.74) is -0.840. The molecule has 1 aromatic carbocycles. The Morgan fingerprint density at radius 2 is 2.03 bits per heavy atom. The molecule has 0 spiro atoms. The first-order chi connectivity index (χ1) is 15.6. The van der Waals surface area contributed by atoms with Gasteiger partial charge in [-0.2, -0.15) is 18.2 Å². The van der Waals surface area contributed by atoms with Crippen LogP contribution in [0.1, 0.15) is 6.92 Å². The van der Waals surface area contributed by atoms with E-state index in [1.54, 1.807) is 36.1 Å². The van der Waals surface area contributed by atoms with Gasteiger partial charge < -0.3 is 9.64 Å². The highest BCUT2D eigenvalue weighted by molar-refractivity contribution is 6.32. The lowest BCUT2D eigenvalue weighted by molar-refractivity contribution is -0.206. The number of alkyl halides is 3. The van der Waals surface area contributed by atoms with Gasteiger partial charge in [0, 0.05) is 19.6 Å². The second-order valence-electron chi connectivity index (χ2n) is 7.17. The van der Waals surface area contributed by atoms with Crippen molar-refractivity contribution in [2.45, 2.75) is 25.9 Å². The summed E-state index contributed by atoms with van der Waals surface area (Å²) < 4.78 is 45.2. The molecular formula is C19H18ClF3N6O4. The van der Waals surface area contributed by atoms with Crippen LogP contribution in [0, 0.1) is 0 Å². The smallest absolute Gasteiger partial charge is 0.438 e. The molecule has 1 aliphatic heterocycles. The normalized spacial score (nSPS) is 16.9. The molecule has 1 aliphatic rings. The van der Waals surface area contributed by atoms with Crippen molar-refractivity contribution in [2.24, 2.45) is 0 Å². The number of hydrogen-bond acceptors (Lipinski definition) is 7. The van der Waals surface area contributed by atoms with Gasteiger partial charge in [-0.25, -0.2) is 9.59 Å². The second kappa shape index (κ2) is 8.56. The maximum Gasteiger partial charge on any atom is 0.490 e. The summed E-state index contributed by atoms with van der Waals surface area (Å²) in [5, 5.41) is 2.98. The summed E-state index contributed by atoms with van der Waals surface area (Å²) in [4.78, 5) is 44.7. The second-order valence-corrected chi connectivity index (χ2v) is 7.57. The van der Waals surface area contributed by atoms with Gasteiger partial charge in [0.25, 0.3) is 5.56 Å². The van der Waals surface area contributed by atoms with E-state index in [1.165, 1.54) is 9.13 Å². The number of carbonyl (C=O) groups is 1. The molecule has 3 aromatic rings. The van der Waals surface area contributed by atoms with Gasteiger partial charge in [0.05, 0.1) is 17.3 Å². The van der Waals surface area contributed by atoms with E-state index >= 15 is 0 Å². The number of rotatable bonds is 4. The Balaban J connectivity index is 1.87. The first-order valence-corrected chi connectivity index (χ1v) is 10.3. The molecular weight excluding hydrogens is 469 g/mol. The van der Waals surface area contributed by atoms with Crippen molar-refractivity contribution in [3.8, 4) is 5.69 Å². The minimum Gasteiger partial charge on any atom is -0.438 e. The van der Waals surface area contributed by atoms with E-state index in [1.807, 2.05) is 0 Å². The van der Waals surface area contributed by atoms with Crippen molar-refractivity contribution in [3.63, 3.8) is 0 Å². The number of aryl methyl sites for hydroxylation is 1. The quantitative estimate of drug-likeness (QED) is 0.536. The molecule has 0 aliphatic carbocycles. The number of imidazole rings is 1. The van der Waals surface area contributed by atoms with E-state index in [0.717, 1.165) is 0 Å². The average Bonchev–Trinajstić information content (AvgIpc) is 3.14. The summed E-state index contributed by atoms with van der Waals surface area (Å²) in [7, 11) is 0. The number of aromatic amines is 1. The first-order valence-electron chi connectivity index (χ1n) is 9.88. The van der Waals surface area contributed by atoms with Gasteiger partial charge in [-0.05, 0) is 19.1 Å². The molecule has 10 nitrogen and oxygen atoms in total. The number of benzene rings is 1. The Labute approximate surface area is 188 Å². The highest BCUT2D eigenvalue weighted by Crippen LogP contribution is 2.30. The molecule has 0 saturated carbocycles. The molecule has 2 N–H and O–H groups in total. The van der Waals surface area contributed by atoms with E-state index in [-0.39, 0.29) is 48.3 Å². The maximum atomic E-state index is 12.8. The van der Waals surface area contributed by atoms with Crippen LogP contribution in [0.15, 0.2) is 33.9 Å². The number of ether oxygens (including phenoxy) is 1. The lowest BCUT2D eigenvalue weighted by Crippen LogP contribution is -2.54. The van der Waals surface area contributed by atoms with Crippen molar-refractivity contribution < 1.29 is 22.7 Å². The molecule has 1 unspecified atom stereocenters. The fourth-order valence-corrected chi connectivity index (χ4v) is 3.87. The van der Waals surface area contributed by atoms with Crippen molar-refractivity contribution in [3.05, 3.63) is 50.1 Å². The van der Waals surface area contributed by atoms with Crippen LogP contribution in [0.2, 0.25) is 5.02 Å². The average molecular weight is 487 g/mol. The third-order valence-electron chi connectivity index (χ3n) is 5.09. The molecule has 2 aromatic heterocycles. The van der Waals surface area contributed by atoms with Gasteiger partial charge in [0.15, 0.2) is 17.4 Å². The Kier molecular flexibility index (Phi) is 5.93. The fourth-order valence-electron chi connectivity index (χ4n) is 3.65. The molecule has 0 bridgehead atoms. The van der Waals surface area contributed by atoms with Crippen LogP contribution in [0.4, 0.5) is 19.1 Å². The zero-order chi connectivity index (χ0) is 23.9. The molecule has 4 rings (SSSR count). The minimum atomic E-state index is -5.14. The molecule has 1 saturated heterocycles. The van der Waals surface area contributed by atoms with Crippen molar-refractivity contribution >= 4 is 34.7 Å². The number of piperazine rings is 1. The summed E-state index contributed by atoms with van der Waals surface area (Å²) in [6.45, 7) is 2.15. The number of esters is 1. The van der Waals surface area contributed by atoms with Gasteiger partial charge >= 0.3 is 17.8 Å². The predicted octanol–water partition coefficient (Wildman–Crippen LogP) is 1.39. The van der Waals surface area contributed by atoms with E-state index < -0.39 is 29.6 Å². The number of fused-ring (bicyclic) bond motifs is 1. The number of nitrogens with one attached hydrogen (secondary N) is 2. The van der Waals surface area contributed by atoms with Gasteiger partial charge in [0.1, 0.15) is 0 Å². The van der Waals surface area contributed by atoms with E-state index in [9.17, 15) is 27.6 Å². The summed E-state index contributed by atoms with van der Waals surface area (Å²) in [5.74, 6) is -2.16. The first kappa shape index (κ1) is 22.9. The lowest BCUT2D eigenvalue weighted by Gasteiger charge is -2.34. The molecule has 0 amide bonds. The molecule has 1 atom stereocenters. The van der Waals surface area contributed by atoms with Crippen LogP contribution in [-0.4, -0.2) is 57.1 Å². The van der Waals surface area contributed by atoms with E-state index in [2.05, 4.69) is 20.0 Å². The molecule has 176 valence electrons. The highest BCUT2D eigenvalue weighted by atomic mass is 35.5. The van der Waals surface area contributed by atoms with E-state index in [4.69, 9.17) is 11.6 Å². The Bertz CT molecular complexity index is 1330. The Morgan fingerprint density at radius 1 is 1.30 bits per heavy atom. The van der Waals surface area contributed by atoms with E-state index in [0.29, 0.717) is 5.69 Å². The van der Waals surface area contributed by atoms with Crippen molar-refractivity contribution in [1.29, 1.82) is 0 Å². The molecule has 0 radical (unpaired) electrons. The topological polar surface area (TPSA) is 114 Å². The number of anilines is 1. The SMILES string of the molecule is CCn1c(=O)[nH]c(=O)c2c1nc(N1CCNC(OC(=O)C(F)(F)F)C1)n2-c1ccccc1Cl. The zero-order valence-corrected chi connectivity index (χ0v) is 17.9. The van der Waals surface area contributed by atoms with Gasteiger partial charge in [-0.15, -0.1) is 0 Å². The van der Waals surface area contributed by atoms with Crippen LogP contribution in [0.3, 0.4) is 0 Å². The predicted molar refractivity (Wildman–Crippen MR) is 113 cm³/mol. The van der Waals surface area contributed by atoms with Crippen LogP contribution >= 0.6 is 11.6 Å². The third kappa shape index (κ3) is 4.20. The summed E-state index contributed by atoms with van der Waals surface area (Å²) in [6, 6.07) is 6.61. The van der Waals surface area contributed by atoms with Gasteiger partial charge in [0.2, 0.25) is 5.95 Å². The Morgan fingerprint density at radius 3 is 2.70 bits per heavy atom. The van der Waals surface area contributed by atoms with Crippen LogP contribution in [0.25, 0.3) is 16.9 Å². The van der Waals surface area contributed by atoms with Gasteiger partial charge in [-0.1, -0.05) is 23.7 Å². The van der Waals surface area contributed by atoms with Crippen LogP contribution in [-0.2, 0) is 16.1 Å². The molecule has 33 heavy (non-hydrogen) atoms. The summed E-state index contributed by atoms with van der Waals surface area (Å²) in [6.07, 6.45) is -6.42. The largest absolute Gasteiger partial charge is 0.490 e. The van der Waals surface area contributed by atoms with Gasteiger partial charge in [-0.3, -0.25) is 24.2 Å². The number of nitrogens with zero attached hydrogens (tertiary/aromatic N) is 4. The third-order valence-corrected chi connectivity index (χ3v) is 5.41. The van der Waals surface area contributed by atoms with Crippen LogP contribution < -0.4 is 21.5 Å². The van der Waals surface area contributed by atoms with Crippen LogP contribution in [0.5, 0.6) is 0 Å². The Hall–Kier alpha value is -3.32. The fraction of sp³-hybridized carbons (Fsp3) is 0.368. The summed E-state index contributed by atoms with van der Waals surface area (Å²) >= 11 is 6.38. The number of para-hydroxylation sites is 1. The minimum absolute atomic E-state index is 0.0434. The number of aromatic nitrogens is 4. The zero-order valence-electron chi connectivity index (χ0n) is 17.1. The number of hydrogen-bond donors (Lipinski definition) is 2. The maximum absolute atomic E-state index is 12.8. The highest BCUT2D eigenvalue weighted by Gasteiger charge is 2.43.